The molecule has 1 heterocycles. The molecule has 0 radical (unpaired) electrons. The molecule has 94 valence electrons. The van der Waals surface area contributed by atoms with Gasteiger partial charge in [-0.1, -0.05) is 48.0 Å². The average Bonchev–Trinajstić information content (AvgIpc) is 2.76. The molecule has 2 nitrogen and oxygen atoms in total. The average molecular weight is 248 g/mol. The van der Waals surface area contributed by atoms with E-state index in [1.807, 2.05) is 25.2 Å². The molecule has 2 aromatic carbocycles. The Labute approximate surface area is 113 Å². The minimum Gasteiger partial charge on any atom is -0.328 e. The van der Waals surface area contributed by atoms with E-state index in [-0.39, 0.29) is 0 Å². The fraction of sp³-hybridized carbons (Fsp3) is 0.118. The molecule has 3 aromatic rings. The lowest BCUT2D eigenvalue weighted by molar-refractivity contribution is 0.930. The second-order valence-electron chi connectivity index (χ2n) is 4.76. The van der Waals surface area contributed by atoms with Crippen LogP contribution in [0.25, 0.3) is 23.2 Å². The molecule has 0 aliphatic heterocycles. The van der Waals surface area contributed by atoms with Crippen LogP contribution in [0.3, 0.4) is 0 Å². The number of imidazole rings is 1. The molecule has 0 amide bonds. The van der Waals surface area contributed by atoms with Gasteiger partial charge < -0.3 is 4.57 Å². The van der Waals surface area contributed by atoms with Crippen LogP contribution < -0.4 is 0 Å². The lowest BCUT2D eigenvalue weighted by Crippen LogP contribution is -1.90. The topological polar surface area (TPSA) is 17.8 Å². The van der Waals surface area contributed by atoms with E-state index in [2.05, 4.69) is 59.0 Å². The molecule has 0 saturated carbocycles. The molecule has 0 aliphatic rings. The maximum absolute atomic E-state index is 4.62. The number of aromatic nitrogens is 2. The van der Waals surface area contributed by atoms with Crippen LogP contribution in [0.15, 0.2) is 48.5 Å². The lowest BCUT2D eigenvalue weighted by atomic mass is 10.1. The Hall–Kier alpha value is -2.35. The summed E-state index contributed by atoms with van der Waals surface area (Å²) in [5.74, 6) is 0.974. The van der Waals surface area contributed by atoms with Crippen LogP contribution in [-0.4, -0.2) is 9.55 Å². The van der Waals surface area contributed by atoms with Crippen LogP contribution in [0, 0.1) is 6.92 Å². The predicted octanol–water partition coefficient (Wildman–Crippen LogP) is 4.05. The molecule has 0 atom stereocenters. The molecule has 0 N–H and O–H groups in total. The zero-order chi connectivity index (χ0) is 13.2. The van der Waals surface area contributed by atoms with Gasteiger partial charge in [-0.05, 0) is 30.7 Å². The highest BCUT2D eigenvalue weighted by molar-refractivity contribution is 5.79. The molecule has 0 bridgehead atoms. The smallest absolute Gasteiger partial charge is 0.133 e. The first-order valence-corrected chi connectivity index (χ1v) is 6.40. The third kappa shape index (κ3) is 2.29. The second kappa shape index (κ2) is 4.73. The van der Waals surface area contributed by atoms with E-state index in [0.29, 0.717) is 0 Å². The highest BCUT2D eigenvalue weighted by atomic mass is 15.0. The van der Waals surface area contributed by atoms with Crippen molar-refractivity contribution in [2.45, 2.75) is 6.92 Å². The van der Waals surface area contributed by atoms with Crippen molar-refractivity contribution in [1.29, 1.82) is 0 Å². The van der Waals surface area contributed by atoms with Crippen molar-refractivity contribution in [1.82, 2.24) is 9.55 Å². The van der Waals surface area contributed by atoms with Gasteiger partial charge in [0.2, 0.25) is 0 Å². The van der Waals surface area contributed by atoms with Gasteiger partial charge in [0.1, 0.15) is 5.82 Å². The van der Waals surface area contributed by atoms with E-state index in [0.717, 1.165) is 16.9 Å². The monoisotopic (exact) mass is 248 g/mol. The van der Waals surface area contributed by atoms with E-state index in [1.54, 1.807) is 0 Å². The number of hydrogen-bond acceptors (Lipinski definition) is 1. The summed E-state index contributed by atoms with van der Waals surface area (Å²) in [6, 6.07) is 16.7. The van der Waals surface area contributed by atoms with E-state index < -0.39 is 0 Å². The van der Waals surface area contributed by atoms with E-state index >= 15 is 0 Å². The summed E-state index contributed by atoms with van der Waals surface area (Å²) in [6.07, 6.45) is 4.16. The standard InChI is InChI=1S/C17H16N2/c1-13-7-9-14(10-8-13)11-12-17-18-15-5-3-4-6-16(15)19(17)2/h3-12H,1-2H3/b12-11+. The first-order chi connectivity index (χ1) is 9.24. The van der Waals surface area contributed by atoms with E-state index in [1.165, 1.54) is 11.1 Å². The SMILES string of the molecule is Cc1ccc(/C=C/c2nc3ccccc3n2C)cc1. The van der Waals surface area contributed by atoms with Crippen molar-refractivity contribution in [2.24, 2.45) is 7.05 Å². The summed E-state index contributed by atoms with van der Waals surface area (Å²) in [5.41, 5.74) is 4.66. The minimum absolute atomic E-state index is 0.974. The Morgan fingerprint density at radius 3 is 2.42 bits per heavy atom. The number of para-hydroxylation sites is 2. The fourth-order valence-electron chi connectivity index (χ4n) is 2.16. The Bertz CT molecular complexity index is 734. The number of benzene rings is 2. The van der Waals surface area contributed by atoms with Crippen LogP contribution in [0.1, 0.15) is 17.0 Å². The molecular weight excluding hydrogens is 232 g/mol. The highest BCUT2D eigenvalue weighted by Crippen LogP contribution is 2.16. The molecule has 0 spiro atoms. The fourth-order valence-corrected chi connectivity index (χ4v) is 2.16. The summed E-state index contributed by atoms with van der Waals surface area (Å²) in [5, 5.41) is 0. The van der Waals surface area contributed by atoms with Gasteiger partial charge in [0.25, 0.3) is 0 Å². The summed E-state index contributed by atoms with van der Waals surface area (Å²) in [6.45, 7) is 2.10. The highest BCUT2D eigenvalue weighted by Gasteiger charge is 2.03. The second-order valence-corrected chi connectivity index (χ2v) is 4.76. The van der Waals surface area contributed by atoms with Gasteiger partial charge in [0.15, 0.2) is 0 Å². The largest absolute Gasteiger partial charge is 0.328 e. The van der Waals surface area contributed by atoms with Crippen molar-refractivity contribution in [3.8, 4) is 0 Å². The molecule has 0 unspecified atom stereocenters. The summed E-state index contributed by atoms with van der Waals surface area (Å²) >= 11 is 0. The van der Waals surface area contributed by atoms with Crippen LogP contribution in [0.4, 0.5) is 0 Å². The molecule has 0 fully saturated rings. The molecule has 19 heavy (non-hydrogen) atoms. The third-order valence-electron chi connectivity index (χ3n) is 3.32. The first kappa shape index (κ1) is 11.7. The van der Waals surface area contributed by atoms with Gasteiger partial charge in [-0.25, -0.2) is 4.98 Å². The number of hydrogen-bond donors (Lipinski definition) is 0. The zero-order valence-electron chi connectivity index (χ0n) is 11.2. The summed E-state index contributed by atoms with van der Waals surface area (Å²) in [7, 11) is 2.05. The quantitative estimate of drug-likeness (QED) is 0.669. The van der Waals surface area contributed by atoms with Crippen LogP contribution >= 0.6 is 0 Å². The first-order valence-electron chi connectivity index (χ1n) is 6.40. The number of aryl methyl sites for hydroxylation is 2. The van der Waals surface area contributed by atoms with Gasteiger partial charge in [-0.15, -0.1) is 0 Å². The van der Waals surface area contributed by atoms with Gasteiger partial charge in [-0.3, -0.25) is 0 Å². The van der Waals surface area contributed by atoms with Crippen LogP contribution in [0.2, 0.25) is 0 Å². The molecular formula is C17H16N2. The Morgan fingerprint density at radius 1 is 0.947 bits per heavy atom. The van der Waals surface area contributed by atoms with Crippen LogP contribution in [0.5, 0.6) is 0 Å². The predicted molar refractivity (Wildman–Crippen MR) is 80.8 cm³/mol. The summed E-state index contributed by atoms with van der Waals surface area (Å²) in [4.78, 5) is 4.62. The summed E-state index contributed by atoms with van der Waals surface area (Å²) < 4.78 is 2.11. The van der Waals surface area contributed by atoms with Crippen molar-refractivity contribution in [2.75, 3.05) is 0 Å². The zero-order valence-corrected chi connectivity index (χ0v) is 11.2. The molecule has 0 saturated heterocycles. The van der Waals surface area contributed by atoms with Gasteiger partial charge in [-0.2, -0.15) is 0 Å². The van der Waals surface area contributed by atoms with Crippen molar-refractivity contribution < 1.29 is 0 Å². The maximum Gasteiger partial charge on any atom is 0.133 e. The lowest BCUT2D eigenvalue weighted by Gasteiger charge is -1.97. The van der Waals surface area contributed by atoms with Crippen molar-refractivity contribution in [3.05, 3.63) is 65.5 Å². The van der Waals surface area contributed by atoms with Crippen molar-refractivity contribution in [3.63, 3.8) is 0 Å². The molecule has 0 aliphatic carbocycles. The number of rotatable bonds is 2. The van der Waals surface area contributed by atoms with E-state index in [9.17, 15) is 0 Å². The molecule has 3 rings (SSSR count). The van der Waals surface area contributed by atoms with Gasteiger partial charge >= 0.3 is 0 Å². The Balaban J connectivity index is 1.97. The molecule has 2 heteroatoms. The molecule has 1 aromatic heterocycles. The van der Waals surface area contributed by atoms with E-state index in [4.69, 9.17) is 0 Å². The van der Waals surface area contributed by atoms with Crippen LogP contribution in [-0.2, 0) is 7.05 Å². The third-order valence-corrected chi connectivity index (χ3v) is 3.32. The Morgan fingerprint density at radius 2 is 1.68 bits per heavy atom. The minimum atomic E-state index is 0.974. The normalized spacial score (nSPS) is 11.5. The maximum atomic E-state index is 4.62. The van der Waals surface area contributed by atoms with Gasteiger partial charge in [0.05, 0.1) is 11.0 Å². The van der Waals surface area contributed by atoms with Crippen molar-refractivity contribution >= 4 is 23.2 Å². The number of nitrogens with zero attached hydrogens (tertiary/aromatic N) is 2. The Kier molecular flexibility index (Phi) is 2.92. The number of fused-ring (bicyclic) bond motifs is 1. The van der Waals surface area contributed by atoms with Gasteiger partial charge in [0, 0.05) is 7.05 Å².